The van der Waals surface area contributed by atoms with Gasteiger partial charge in [-0.2, -0.15) is 0 Å². The van der Waals surface area contributed by atoms with Gasteiger partial charge in [0.05, 0.1) is 23.2 Å². The van der Waals surface area contributed by atoms with Crippen LogP contribution in [0.2, 0.25) is 0 Å². The van der Waals surface area contributed by atoms with Crippen molar-refractivity contribution in [1.82, 2.24) is 9.47 Å². The summed E-state index contributed by atoms with van der Waals surface area (Å²) in [6.07, 6.45) is 5.84. The number of furan rings is 1. The zero-order valence-electron chi connectivity index (χ0n) is 13.3. The van der Waals surface area contributed by atoms with Crippen LogP contribution in [0.4, 0.5) is 5.69 Å². The van der Waals surface area contributed by atoms with Crippen LogP contribution in [-0.4, -0.2) is 27.5 Å². The number of nitro groups is 1. The van der Waals surface area contributed by atoms with E-state index in [-0.39, 0.29) is 10.6 Å². The van der Waals surface area contributed by atoms with Crippen molar-refractivity contribution in [3.63, 3.8) is 0 Å². The Kier molecular flexibility index (Phi) is 3.82. The summed E-state index contributed by atoms with van der Waals surface area (Å²) in [6, 6.07) is 11.4. The van der Waals surface area contributed by atoms with E-state index in [0.29, 0.717) is 6.04 Å². The van der Waals surface area contributed by atoms with Gasteiger partial charge in [0.25, 0.3) is 5.69 Å². The summed E-state index contributed by atoms with van der Waals surface area (Å²) in [7, 11) is 0. The molecule has 4 rings (SSSR count). The average molecular weight is 325 g/mol. The van der Waals surface area contributed by atoms with E-state index in [9.17, 15) is 10.1 Å². The van der Waals surface area contributed by atoms with Crippen molar-refractivity contribution in [2.75, 3.05) is 13.1 Å². The van der Waals surface area contributed by atoms with Crippen molar-refractivity contribution in [2.45, 2.75) is 25.4 Å². The van der Waals surface area contributed by atoms with Crippen molar-refractivity contribution in [2.24, 2.45) is 0 Å². The first-order valence-corrected chi connectivity index (χ1v) is 8.20. The number of nitro benzene ring substituents is 1. The number of non-ortho nitro benzene ring substituents is 1. The molecule has 1 saturated heterocycles. The van der Waals surface area contributed by atoms with Crippen LogP contribution in [0, 0.1) is 10.1 Å². The smallest absolute Gasteiger partial charge is 0.271 e. The van der Waals surface area contributed by atoms with Crippen LogP contribution in [0.5, 0.6) is 0 Å². The molecule has 6 nitrogen and oxygen atoms in total. The molecule has 0 atom stereocenters. The number of likely N-dealkylation sites (tertiary alicyclic amines) is 1. The van der Waals surface area contributed by atoms with Crippen LogP contribution >= 0.6 is 0 Å². The molecule has 6 heteroatoms. The Morgan fingerprint density at radius 1 is 1.21 bits per heavy atom. The maximum atomic E-state index is 11.0. The molecular formula is C18H19N3O3. The molecule has 2 aromatic heterocycles. The van der Waals surface area contributed by atoms with Crippen molar-refractivity contribution in [1.29, 1.82) is 0 Å². The molecular weight excluding hydrogens is 306 g/mol. The molecule has 1 aromatic carbocycles. The average Bonchev–Trinajstić information content (AvgIpc) is 3.24. The molecule has 1 aliphatic rings. The fraction of sp³-hybridized carbons (Fsp3) is 0.333. The summed E-state index contributed by atoms with van der Waals surface area (Å²) in [5, 5.41) is 12.1. The van der Waals surface area contributed by atoms with Gasteiger partial charge < -0.3 is 8.98 Å². The number of nitrogens with zero attached hydrogens (tertiary/aromatic N) is 3. The quantitative estimate of drug-likeness (QED) is 0.537. The van der Waals surface area contributed by atoms with Crippen LogP contribution in [0.3, 0.4) is 0 Å². The van der Waals surface area contributed by atoms with Crippen molar-refractivity contribution >= 4 is 16.6 Å². The number of piperidine rings is 1. The Morgan fingerprint density at radius 3 is 2.75 bits per heavy atom. The van der Waals surface area contributed by atoms with Gasteiger partial charge >= 0.3 is 0 Å². The fourth-order valence-corrected chi connectivity index (χ4v) is 3.55. The minimum absolute atomic E-state index is 0.151. The van der Waals surface area contributed by atoms with Gasteiger partial charge in [0.15, 0.2) is 0 Å². The SMILES string of the molecule is O=[N+]([O-])c1ccc2ccn(C3CCN(Cc4ccco4)CC3)c2c1. The number of hydrogen-bond acceptors (Lipinski definition) is 4. The first-order chi connectivity index (χ1) is 11.7. The number of rotatable bonds is 4. The lowest BCUT2D eigenvalue weighted by Gasteiger charge is -2.32. The molecule has 1 aliphatic heterocycles. The topological polar surface area (TPSA) is 64.5 Å². The molecule has 0 spiro atoms. The van der Waals surface area contributed by atoms with Crippen LogP contribution in [0.25, 0.3) is 10.9 Å². The molecule has 1 fully saturated rings. The molecule has 0 saturated carbocycles. The standard InChI is InChI=1S/C18H19N3O3/c22-21(23)16-4-3-14-5-10-20(18(14)12-16)15-6-8-19(9-7-15)13-17-2-1-11-24-17/h1-5,10-12,15H,6-9,13H2. The molecule has 24 heavy (non-hydrogen) atoms. The lowest BCUT2D eigenvalue weighted by Crippen LogP contribution is -2.33. The fourth-order valence-electron chi connectivity index (χ4n) is 3.55. The maximum absolute atomic E-state index is 11.0. The predicted molar refractivity (Wildman–Crippen MR) is 90.8 cm³/mol. The second kappa shape index (κ2) is 6.13. The summed E-state index contributed by atoms with van der Waals surface area (Å²) in [5.74, 6) is 0.996. The second-order valence-corrected chi connectivity index (χ2v) is 6.31. The lowest BCUT2D eigenvalue weighted by atomic mass is 10.0. The molecule has 0 amide bonds. The third-order valence-corrected chi connectivity index (χ3v) is 4.83. The molecule has 3 heterocycles. The maximum Gasteiger partial charge on any atom is 0.271 e. The predicted octanol–water partition coefficient (Wildman–Crippen LogP) is 3.98. The van der Waals surface area contributed by atoms with E-state index >= 15 is 0 Å². The van der Waals surface area contributed by atoms with Crippen molar-refractivity contribution < 1.29 is 9.34 Å². The van der Waals surface area contributed by atoms with E-state index in [2.05, 4.69) is 15.7 Å². The summed E-state index contributed by atoms with van der Waals surface area (Å²) in [6.45, 7) is 2.84. The molecule has 3 aromatic rings. The van der Waals surface area contributed by atoms with E-state index < -0.39 is 0 Å². The number of aromatic nitrogens is 1. The van der Waals surface area contributed by atoms with Gasteiger partial charge in [0.2, 0.25) is 0 Å². The van der Waals surface area contributed by atoms with Crippen molar-refractivity contribution in [3.8, 4) is 0 Å². The zero-order chi connectivity index (χ0) is 16.5. The summed E-state index contributed by atoms with van der Waals surface area (Å²) >= 11 is 0. The highest BCUT2D eigenvalue weighted by Gasteiger charge is 2.22. The minimum atomic E-state index is -0.331. The highest BCUT2D eigenvalue weighted by atomic mass is 16.6. The molecule has 0 bridgehead atoms. The van der Waals surface area contributed by atoms with E-state index in [1.54, 1.807) is 18.4 Å². The third kappa shape index (κ3) is 2.80. The monoisotopic (exact) mass is 325 g/mol. The summed E-state index contributed by atoms with van der Waals surface area (Å²) in [4.78, 5) is 13.1. The Morgan fingerprint density at radius 2 is 2.04 bits per heavy atom. The number of hydrogen-bond donors (Lipinski definition) is 0. The van der Waals surface area contributed by atoms with E-state index in [1.807, 2.05) is 24.3 Å². The van der Waals surface area contributed by atoms with Gasteiger partial charge in [0, 0.05) is 42.8 Å². The Balaban J connectivity index is 1.50. The van der Waals surface area contributed by atoms with Crippen LogP contribution in [-0.2, 0) is 6.54 Å². The molecule has 0 aliphatic carbocycles. The van der Waals surface area contributed by atoms with Crippen molar-refractivity contribution in [3.05, 3.63) is 64.7 Å². The second-order valence-electron chi connectivity index (χ2n) is 6.31. The van der Waals surface area contributed by atoms with E-state index in [4.69, 9.17) is 4.42 Å². The van der Waals surface area contributed by atoms with Crippen LogP contribution in [0.1, 0.15) is 24.6 Å². The Hall–Kier alpha value is -2.60. The minimum Gasteiger partial charge on any atom is -0.468 e. The van der Waals surface area contributed by atoms with Gasteiger partial charge in [-0.15, -0.1) is 0 Å². The van der Waals surface area contributed by atoms with Crippen LogP contribution < -0.4 is 0 Å². The van der Waals surface area contributed by atoms with Gasteiger partial charge in [-0.3, -0.25) is 15.0 Å². The van der Waals surface area contributed by atoms with E-state index in [1.165, 1.54) is 0 Å². The normalized spacial score (nSPS) is 16.7. The van der Waals surface area contributed by atoms with Gasteiger partial charge in [0.1, 0.15) is 5.76 Å². The highest BCUT2D eigenvalue weighted by Crippen LogP contribution is 2.30. The summed E-state index contributed by atoms with van der Waals surface area (Å²) in [5.41, 5.74) is 1.10. The third-order valence-electron chi connectivity index (χ3n) is 4.83. The number of benzene rings is 1. The first-order valence-electron chi connectivity index (χ1n) is 8.20. The largest absolute Gasteiger partial charge is 0.468 e. The molecule has 0 unspecified atom stereocenters. The zero-order valence-corrected chi connectivity index (χ0v) is 13.3. The lowest BCUT2D eigenvalue weighted by molar-refractivity contribution is -0.384. The molecule has 0 radical (unpaired) electrons. The van der Waals surface area contributed by atoms with Gasteiger partial charge in [-0.05, 0) is 37.1 Å². The Labute approximate surface area is 139 Å². The molecule has 0 N–H and O–H groups in total. The molecule has 124 valence electrons. The number of fused-ring (bicyclic) bond motifs is 1. The van der Waals surface area contributed by atoms with E-state index in [0.717, 1.165) is 49.1 Å². The van der Waals surface area contributed by atoms with Crippen LogP contribution in [0.15, 0.2) is 53.3 Å². The summed E-state index contributed by atoms with van der Waals surface area (Å²) < 4.78 is 7.62. The Bertz CT molecular complexity index is 846. The highest BCUT2D eigenvalue weighted by molar-refractivity contribution is 5.82. The first kappa shape index (κ1) is 15.0. The van der Waals surface area contributed by atoms with Gasteiger partial charge in [-0.25, -0.2) is 0 Å². The van der Waals surface area contributed by atoms with Gasteiger partial charge in [-0.1, -0.05) is 0 Å².